The van der Waals surface area contributed by atoms with Crippen LogP contribution in [0.25, 0.3) is 0 Å². The molecule has 1 aliphatic carbocycles. The molecule has 0 spiro atoms. The van der Waals surface area contributed by atoms with Gasteiger partial charge in [-0.2, -0.15) is 0 Å². The second kappa shape index (κ2) is 4.77. The van der Waals surface area contributed by atoms with Crippen LogP contribution in [0.4, 0.5) is 0 Å². The summed E-state index contributed by atoms with van der Waals surface area (Å²) in [6, 6.07) is 8.45. The van der Waals surface area contributed by atoms with Crippen LogP contribution < -0.4 is 5.32 Å². The second-order valence-corrected chi connectivity index (χ2v) is 4.24. The van der Waals surface area contributed by atoms with Crippen LogP contribution in [0.1, 0.15) is 37.0 Å². The lowest BCUT2D eigenvalue weighted by Crippen LogP contribution is -2.38. The molecule has 0 heterocycles. The normalized spacial score (nSPS) is 24.9. The van der Waals surface area contributed by atoms with Crippen LogP contribution in [0.15, 0.2) is 24.3 Å². The van der Waals surface area contributed by atoms with Crippen molar-refractivity contribution in [2.24, 2.45) is 0 Å². The fourth-order valence-electron chi connectivity index (χ4n) is 2.28. The predicted molar refractivity (Wildman–Crippen MR) is 61.8 cm³/mol. The van der Waals surface area contributed by atoms with Gasteiger partial charge >= 0.3 is 0 Å². The van der Waals surface area contributed by atoms with Gasteiger partial charge in [0.1, 0.15) is 0 Å². The molecule has 2 heteroatoms. The molecule has 0 bridgehead atoms. The molecular weight excluding hydrogens is 186 g/mol. The van der Waals surface area contributed by atoms with Crippen molar-refractivity contribution in [3.05, 3.63) is 35.4 Å². The molecule has 0 aromatic heterocycles. The van der Waals surface area contributed by atoms with E-state index >= 15 is 0 Å². The molecule has 2 N–H and O–H groups in total. The Morgan fingerprint density at radius 3 is 3.00 bits per heavy atom. The monoisotopic (exact) mass is 205 g/mol. The Morgan fingerprint density at radius 1 is 1.40 bits per heavy atom. The van der Waals surface area contributed by atoms with Crippen molar-refractivity contribution in [2.45, 2.75) is 38.3 Å². The van der Waals surface area contributed by atoms with Gasteiger partial charge in [0.15, 0.2) is 0 Å². The molecule has 2 atom stereocenters. The zero-order chi connectivity index (χ0) is 10.7. The molecule has 0 fully saturated rings. The van der Waals surface area contributed by atoms with Gasteiger partial charge in [0.25, 0.3) is 0 Å². The Bertz CT molecular complexity index is 324. The summed E-state index contributed by atoms with van der Waals surface area (Å²) >= 11 is 0. The van der Waals surface area contributed by atoms with Crippen molar-refractivity contribution in [1.29, 1.82) is 0 Å². The standard InChI is InChI=1S/C13H19NO/c1-2-9-14-12-8-7-10-5-3-4-6-11(10)13(12)15/h3-6,12-15H,2,7-9H2,1H3. The Kier molecular flexibility index (Phi) is 3.39. The van der Waals surface area contributed by atoms with Crippen LogP contribution in [0, 0.1) is 0 Å². The van der Waals surface area contributed by atoms with Crippen LogP contribution in [-0.2, 0) is 6.42 Å². The average Bonchev–Trinajstić information content (AvgIpc) is 2.29. The lowest BCUT2D eigenvalue weighted by Gasteiger charge is -2.30. The van der Waals surface area contributed by atoms with Crippen molar-refractivity contribution in [1.82, 2.24) is 5.32 Å². The molecule has 2 unspecified atom stereocenters. The van der Waals surface area contributed by atoms with E-state index in [-0.39, 0.29) is 12.1 Å². The van der Waals surface area contributed by atoms with Crippen molar-refractivity contribution in [3.63, 3.8) is 0 Å². The Morgan fingerprint density at radius 2 is 2.20 bits per heavy atom. The number of aliphatic hydroxyl groups excluding tert-OH is 1. The minimum Gasteiger partial charge on any atom is -0.387 e. The van der Waals surface area contributed by atoms with Gasteiger partial charge in [0, 0.05) is 6.04 Å². The zero-order valence-electron chi connectivity index (χ0n) is 9.24. The van der Waals surface area contributed by atoms with E-state index in [1.54, 1.807) is 0 Å². The smallest absolute Gasteiger partial charge is 0.0945 e. The van der Waals surface area contributed by atoms with Crippen molar-refractivity contribution >= 4 is 0 Å². The van der Waals surface area contributed by atoms with Gasteiger partial charge in [-0.05, 0) is 36.9 Å². The SMILES string of the molecule is CCCNC1CCc2ccccc2C1O. The topological polar surface area (TPSA) is 32.3 Å². The van der Waals surface area contributed by atoms with E-state index in [4.69, 9.17) is 0 Å². The third-order valence-corrected chi connectivity index (χ3v) is 3.14. The van der Waals surface area contributed by atoms with E-state index in [0.29, 0.717) is 0 Å². The minimum atomic E-state index is -0.332. The molecule has 0 aliphatic heterocycles. The van der Waals surface area contributed by atoms with Crippen molar-refractivity contribution in [3.8, 4) is 0 Å². The summed E-state index contributed by atoms with van der Waals surface area (Å²) in [6.45, 7) is 3.14. The third kappa shape index (κ3) is 2.21. The number of aryl methyl sites for hydroxylation is 1. The minimum absolute atomic E-state index is 0.236. The largest absolute Gasteiger partial charge is 0.387 e. The number of rotatable bonds is 3. The molecule has 15 heavy (non-hydrogen) atoms. The maximum Gasteiger partial charge on any atom is 0.0945 e. The summed E-state index contributed by atoms with van der Waals surface area (Å²) < 4.78 is 0. The van der Waals surface area contributed by atoms with Crippen molar-refractivity contribution in [2.75, 3.05) is 6.54 Å². The number of hydrogen-bond donors (Lipinski definition) is 2. The highest BCUT2D eigenvalue weighted by atomic mass is 16.3. The number of nitrogens with one attached hydrogen (secondary N) is 1. The molecule has 0 amide bonds. The molecule has 1 aromatic rings. The molecule has 0 saturated heterocycles. The maximum absolute atomic E-state index is 10.2. The maximum atomic E-state index is 10.2. The molecule has 2 rings (SSSR count). The van der Waals surface area contributed by atoms with Gasteiger partial charge in [-0.25, -0.2) is 0 Å². The highest BCUT2D eigenvalue weighted by molar-refractivity contribution is 5.32. The Balaban J connectivity index is 2.11. The first kappa shape index (κ1) is 10.7. The lowest BCUT2D eigenvalue weighted by molar-refractivity contribution is 0.115. The first-order valence-corrected chi connectivity index (χ1v) is 5.82. The van der Waals surface area contributed by atoms with Crippen LogP contribution >= 0.6 is 0 Å². The number of aliphatic hydroxyl groups is 1. The number of fused-ring (bicyclic) bond motifs is 1. The first-order valence-electron chi connectivity index (χ1n) is 5.82. The quantitative estimate of drug-likeness (QED) is 0.791. The Hall–Kier alpha value is -0.860. The first-order chi connectivity index (χ1) is 7.33. The number of hydrogen-bond acceptors (Lipinski definition) is 2. The van der Waals surface area contributed by atoms with E-state index < -0.39 is 0 Å². The van der Waals surface area contributed by atoms with Gasteiger partial charge in [-0.15, -0.1) is 0 Å². The zero-order valence-corrected chi connectivity index (χ0v) is 9.24. The van der Waals surface area contributed by atoms with E-state index in [9.17, 15) is 5.11 Å². The van der Waals surface area contributed by atoms with Crippen LogP contribution in [0.5, 0.6) is 0 Å². The fourth-order valence-corrected chi connectivity index (χ4v) is 2.28. The summed E-state index contributed by atoms with van der Waals surface area (Å²) in [5.41, 5.74) is 2.41. The molecule has 0 saturated carbocycles. The molecule has 1 aromatic carbocycles. The van der Waals surface area contributed by atoms with Crippen LogP contribution in [-0.4, -0.2) is 17.7 Å². The van der Waals surface area contributed by atoms with Gasteiger partial charge in [-0.1, -0.05) is 31.2 Å². The average molecular weight is 205 g/mol. The van der Waals surface area contributed by atoms with Gasteiger partial charge in [0.05, 0.1) is 6.10 Å². The van der Waals surface area contributed by atoms with Crippen molar-refractivity contribution < 1.29 is 5.11 Å². The fraction of sp³-hybridized carbons (Fsp3) is 0.538. The second-order valence-electron chi connectivity index (χ2n) is 4.24. The lowest BCUT2D eigenvalue weighted by atomic mass is 9.86. The van der Waals surface area contributed by atoms with Gasteiger partial charge in [-0.3, -0.25) is 0 Å². The highest BCUT2D eigenvalue weighted by Crippen LogP contribution is 2.29. The summed E-state index contributed by atoms with van der Waals surface area (Å²) in [7, 11) is 0. The van der Waals surface area contributed by atoms with E-state index in [2.05, 4.69) is 18.3 Å². The number of benzene rings is 1. The van der Waals surface area contributed by atoms with E-state index in [1.807, 2.05) is 18.2 Å². The Labute approximate surface area is 91.3 Å². The summed E-state index contributed by atoms with van der Waals surface area (Å²) in [6.07, 6.45) is 2.90. The van der Waals surface area contributed by atoms with Gasteiger partial charge in [0.2, 0.25) is 0 Å². The summed E-state index contributed by atoms with van der Waals surface area (Å²) in [5.74, 6) is 0. The summed E-state index contributed by atoms with van der Waals surface area (Å²) in [4.78, 5) is 0. The van der Waals surface area contributed by atoms with E-state index in [1.165, 1.54) is 5.56 Å². The van der Waals surface area contributed by atoms with Gasteiger partial charge < -0.3 is 10.4 Å². The summed E-state index contributed by atoms with van der Waals surface area (Å²) in [5, 5.41) is 13.6. The molecule has 2 nitrogen and oxygen atoms in total. The third-order valence-electron chi connectivity index (χ3n) is 3.14. The predicted octanol–water partition coefficient (Wildman–Crippen LogP) is 2.03. The highest BCUT2D eigenvalue weighted by Gasteiger charge is 2.26. The molecular formula is C13H19NO. The van der Waals surface area contributed by atoms with Crippen LogP contribution in [0.3, 0.4) is 0 Å². The molecule has 1 aliphatic rings. The van der Waals surface area contributed by atoms with Crippen LogP contribution in [0.2, 0.25) is 0 Å². The molecule has 0 radical (unpaired) electrons. The van der Waals surface area contributed by atoms with E-state index in [0.717, 1.165) is 31.4 Å². The molecule has 82 valence electrons.